The number of allylic oxidation sites excluding steroid dienone is 10. The summed E-state index contributed by atoms with van der Waals surface area (Å²) in [5.41, 5.74) is 11.2. The quantitative estimate of drug-likeness (QED) is 0.0734. The monoisotopic (exact) mass is 559 g/mol. The first-order valence-corrected chi connectivity index (χ1v) is 14.6. The number of carbonyl (C=O) groups excluding carboxylic acids is 2. The number of amides is 1. The van der Waals surface area contributed by atoms with Crippen molar-refractivity contribution in [1.82, 2.24) is 5.32 Å². The Bertz CT molecular complexity index is 845. The van der Waals surface area contributed by atoms with Gasteiger partial charge in [0.15, 0.2) is 0 Å². The van der Waals surface area contributed by atoms with Crippen LogP contribution in [0.25, 0.3) is 0 Å². The molecule has 8 heteroatoms. The van der Waals surface area contributed by atoms with E-state index in [1.165, 1.54) is 0 Å². The van der Waals surface area contributed by atoms with Crippen LogP contribution in [0, 0.1) is 5.92 Å². The molecule has 0 aromatic rings. The fourth-order valence-corrected chi connectivity index (χ4v) is 3.66. The summed E-state index contributed by atoms with van der Waals surface area (Å²) in [6.45, 7) is 6.10. The van der Waals surface area contributed by atoms with Crippen molar-refractivity contribution in [2.75, 3.05) is 6.54 Å². The molecule has 0 rings (SSSR count). The lowest BCUT2D eigenvalue weighted by molar-refractivity contribution is -0.153. The van der Waals surface area contributed by atoms with Crippen LogP contribution in [0.1, 0.15) is 91.4 Å². The molecule has 0 aromatic carbocycles. The smallest absolute Gasteiger partial charge is 0.328 e. The maximum absolute atomic E-state index is 12.7. The second-order valence-corrected chi connectivity index (χ2v) is 10.2. The standard InChI is InChI=1S/C32H53N3O5/c1-4-5-6-7-8-9-10-11-12-13-14-15-16-17-18-19-20-21-30(36)35-29(24-26(2)3)32(39)40-27(25-33)22-23-28(34)31(37)38/h5-6,8-9,11-12,14-15,17-18,26-29H,4,7,10,13,16,19-25,33-34H2,1-3H3,(H,35,36)(H,37,38)/b6-5-,9-8-,12-11-,15-14-,18-17-. The first-order chi connectivity index (χ1) is 19.2. The first kappa shape index (κ1) is 37.0. The van der Waals surface area contributed by atoms with Crippen LogP contribution in [0.3, 0.4) is 0 Å². The Balaban J connectivity index is 4.30. The zero-order valence-electron chi connectivity index (χ0n) is 24.8. The van der Waals surface area contributed by atoms with Gasteiger partial charge in [0.25, 0.3) is 0 Å². The van der Waals surface area contributed by atoms with Gasteiger partial charge in [0.1, 0.15) is 18.2 Å². The van der Waals surface area contributed by atoms with Crippen molar-refractivity contribution >= 4 is 17.8 Å². The van der Waals surface area contributed by atoms with E-state index < -0.39 is 30.1 Å². The highest BCUT2D eigenvalue weighted by atomic mass is 16.5. The number of carbonyl (C=O) groups is 3. The van der Waals surface area contributed by atoms with E-state index in [1.807, 2.05) is 13.8 Å². The van der Waals surface area contributed by atoms with Crippen molar-refractivity contribution in [1.29, 1.82) is 0 Å². The molecule has 0 aliphatic carbocycles. The highest BCUT2D eigenvalue weighted by Crippen LogP contribution is 2.11. The molecule has 0 aliphatic rings. The maximum atomic E-state index is 12.7. The minimum Gasteiger partial charge on any atom is -0.480 e. The van der Waals surface area contributed by atoms with E-state index in [4.69, 9.17) is 21.3 Å². The fourth-order valence-electron chi connectivity index (χ4n) is 3.66. The van der Waals surface area contributed by atoms with Gasteiger partial charge in [-0.1, -0.05) is 81.5 Å². The van der Waals surface area contributed by atoms with Crippen LogP contribution in [0.4, 0.5) is 0 Å². The third kappa shape index (κ3) is 21.9. The number of unbranched alkanes of at least 4 members (excludes halogenated alkanes) is 1. The minimum absolute atomic E-state index is 0.0493. The molecule has 1 amide bonds. The topological polar surface area (TPSA) is 145 Å². The van der Waals surface area contributed by atoms with E-state index in [-0.39, 0.29) is 31.2 Å². The third-order valence-electron chi connectivity index (χ3n) is 5.92. The summed E-state index contributed by atoms with van der Waals surface area (Å²) in [6, 6.07) is -1.81. The number of esters is 1. The first-order valence-electron chi connectivity index (χ1n) is 14.6. The van der Waals surface area contributed by atoms with E-state index in [1.54, 1.807) is 0 Å². The van der Waals surface area contributed by atoms with Crippen molar-refractivity contribution < 1.29 is 24.2 Å². The lowest BCUT2D eigenvalue weighted by Gasteiger charge is -2.23. The van der Waals surface area contributed by atoms with Gasteiger partial charge >= 0.3 is 11.9 Å². The molecule has 0 fully saturated rings. The zero-order chi connectivity index (χ0) is 30.0. The SMILES string of the molecule is CC/C=C\C/C=C\C/C=C\C/C=C\C/C=C\CCCC(=O)NC(CC(C)C)C(=O)OC(CN)CCC(N)C(=O)O. The molecular formula is C32H53N3O5. The fraction of sp³-hybridized carbons (Fsp3) is 0.594. The van der Waals surface area contributed by atoms with Crippen molar-refractivity contribution in [3.63, 3.8) is 0 Å². The predicted molar refractivity (Wildman–Crippen MR) is 163 cm³/mol. The lowest BCUT2D eigenvalue weighted by atomic mass is 10.0. The molecule has 226 valence electrons. The molecule has 0 heterocycles. The average molecular weight is 560 g/mol. The normalized spacial score (nSPS) is 14.7. The number of hydrogen-bond acceptors (Lipinski definition) is 6. The Morgan fingerprint density at radius 3 is 1.85 bits per heavy atom. The average Bonchev–Trinajstić information content (AvgIpc) is 2.91. The zero-order valence-corrected chi connectivity index (χ0v) is 24.8. The summed E-state index contributed by atoms with van der Waals surface area (Å²) in [6.07, 6.45) is 28.2. The second kappa shape index (κ2) is 25.0. The van der Waals surface area contributed by atoms with Crippen molar-refractivity contribution in [3.8, 4) is 0 Å². The van der Waals surface area contributed by atoms with Gasteiger partial charge in [-0.15, -0.1) is 0 Å². The number of carboxylic acids is 1. The molecule has 3 atom stereocenters. The Morgan fingerprint density at radius 2 is 1.38 bits per heavy atom. The number of nitrogens with two attached hydrogens (primary N) is 2. The van der Waals surface area contributed by atoms with Gasteiger partial charge in [0.05, 0.1) is 0 Å². The Hall–Kier alpha value is -2.97. The molecule has 0 saturated carbocycles. The van der Waals surface area contributed by atoms with Crippen molar-refractivity contribution in [3.05, 3.63) is 60.8 Å². The number of carboxylic acid groups (broad SMARTS) is 1. The molecule has 0 radical (unpaired) electrons. The van der Waals surface area contributed by atoms with Crippen LogP contribution in [-0.2, 0) is 19.1 Å². The number of hydrogen-bond donors (Lipinski definition) is 4. The summed E-state index contributed by atoms with van der Waals surface area (Å²) >= 11 is 0. The molecule has 0 aromatic heterocycles. The largest absolute Gasteiger partial charge is 0.480 e. The summed E-state index contributed by atoms with van der Waals surface area (Å²) < 4.78 is 5.48. The van der Waals surface area contributed by atoms with Crippen molar-refractivity contribution in [2.45, 2.75) is 110 Å². The van der Waals surface area contributed by atoms with Crippen LogP contribution >= 0.6 is 0 Å². The summed E-state index contributed by atoms with van der Waals surface area (Å²) in [5.74, 6) is -1.71. The Labute approximate surface area is 241 Å². The minimum atomic E-state index is -1.11. The maximum Gasteiger partial charge on any atom is 0.328 e. The van der Waals surface area contributed by atoms with E-state index in [2.05, 4.69) is 73.0 Å². The molecule has 0 spiro atoms. The van der Waals surface area contributed by atoms with Gasteiger partial charge in [0, 0.05) is 13.0 Å². The number of aliphatic carboxylic acids is 1. The van der Waals surface area contributed by atoms with Crippen LogP contribution in [0.2, 0.25) is 0 Å². The van der Waals surface area contributed by atoms with E-state index >= 15 is 0 Å². The summed E-state index contributed by atoms with van der Waals surface area (Å²) in [5, 5.41) is 11.7. The highest BCUT2D eigenvalue weighted by molar-refractivity contribution is 5.84. The molecule has 3 unspecified atom stereocenters. The van der Waals surface area contributed by atoms with Gasteiger partial charge in [-0.25, -0.2) is 4.79 Å². The van der Waals surface area contributed by atoms with Gasteiger partial charge < -0.3 is 26.6 Å². The van der Waals surface area contributed by atoms with Gasteiger partial charge in [-0.05, 0) is 70.1 Å². The Kier molecular flexibility index (Phi) is 23.2. The molecule has 0 bridgehead atoms. The van der Waals surface area contributed by atoms with Crippen LogP contribution in [0.5, 0.6) is 0 Å². The van der Waals surface area contributed by atoms with Crippen LogP contribution < -0.4 is 16.8 Å². The molecule has 40 heavy (non-hydrogen) atoms. The molecule has 0 saturated heterocycles. The molecular weight excluding hydrogens is 506 g/mol. The molecule has 0 aliphatic heterocycles. The summed E-state index contributed by atoms with van der Waals surface area (Å²) in [7, 11) is 0. The van der Waals surface area contributed by atoms with E-state index in [9.17, 15) is 14.4 Å². The molecule has 8 nitrogen and oxygen atoms in total. The third-order valence-corrected chi connectivity index (χ3v) is 5.92. The van der Waals surface area contributed by atoms with Crippen LogP contribution in [-0.4, -0.2) is 47.7 Å². The molecule has 6 N–H and O–H groups in total. The predicted octanol–water partition coefficient (Wildman–Crippen LogP) is 5.50. The van der Waals surface area contributed by atoms with E-state index in [0.717, 1.165) is 38.5 Å². The lowest BCUT2D eigenvalue weighted by Crippen LogP contribution is -2.45. The van der Waals surface area contributed by atoms with Gasteiger partial charge in [-0.2, -0.15) is 0 Å². The van der Waals surface area contributed by atoms with E-state index in [0.29, 0.717) is 19.3 Å². The van der Waals surface area contributed by atoms with Crippen LogP contribution in [0.15, 0.2) is 60.8 Å². The highest BCUT2D eigenvalue weighted by Gasteiger charge is 2.26. The van der Waals surface area contributed by atoms with Gasteiger partial charge in [0.2, 0.25) is 5.91 Å². The number of ether oxygens (including phenoxy) is 1. The number of rotatable bonds is 23. The van der Waals surface area contributed by atoms with Gasteiger partial charge in [-0.3, -0.25) is 9.59 Å². The Morgan fingerprint density at radius 1 is 0.850 bits per heavy atom. The summed E-state index contributed by atoms with van der Waals surface area (Å²) in [4.78, 5) is 36.1. The van der Waals surface area contributed by atoms with Crippen molar-refractivity contribution in [2.24, 2.45) is 17.4 Å². The second-order valence-electron chi connectivity index (χ2n) is 10.2. The number of nitrogens with one attached hydrogen (secondary N) is 1.